The van der Waals surface area contributed by atoms with Gasteiger partial charge in [-0.25, -0.2) is 4.39 Å². The minimum Gasteiger partial charge on any atom is -0.493 e. The Labute approximate surface area is 165 Å². The van der Waals surface area contributed by atoms with E-state index in [-0.39, 0.29) is 5.82 Å². The van der Waals surface area contributed by atoms with Gasteiger partial charge in [0.15, 0.2) is 17.5 Å². The van der Waals surface area contributed by atoms with Gasteiger partial charge in [0, 0.05) is 20.1 Å². The number of methoxy groups -OCH3 is 2. The molecule has 2 rings (SSSR count). The second kappa shape index (κ2) is 11.0. The number of nitrogens with zero attached hydrogens (tertiary/aromatic N) is 1. The fourth-order valence-corrected chi connectivity index (χ4v) is 2.71. The fourth-order valence-electron chi connectivity index (χ4n) is 2.71. The quantitative estimate of drug-likeness (QED) is 0.510. The van der Waals surface area contributed by atoms with E-state index in [1.807, 2.05) is 19.1 Å². The van der Waals surface area contributed by atoms with Crippen molar-refractivity contribution in [2.75, 3.05) is 34.4 Å². The van der Waals surface area contributed by atoms with Crippen molar-refractivity contribution in [3.05, 3.63) is 53.3 Å². The zero-order valence-corrected chi connectivity index (χ0v) is 16.8. The van der Waals surface area contributed by atoms with Gasteiger partial charge >= 0.3 is 0 Å². The number of ether oxygens (including phenoxy) is 3. The van der Waals surface area contributed by atoms with E-state index in [0.29, 0.717) is 42.9 Å². The maximum absolute atomic E-state index is 13.0. The number of hydrogen-bond donors (Lipinski definition) is 2. The first-order valence-corrected chi connectivity index (χ1v) is 9.17. The van der Waals surface area contributed by atoms with Crippen LogP contribution in [0, 0.1) is 5.82 Å². The first-order valence-electron chi connectivity index (χ1n) is 9.17. The molecule has 2 aromatic carbocycles. The molecular formula is C21H28FN3O3. The molecule has 0 radical (unpaired) electrons. The van der Waals surface area contributed by atoms with Crippen LogP contribution >= 0.6 is 0 Å². The number of guanidine groups is 1. The SMILES string of the molecule is CCOc1c(OC)cc(CNC(=NC)NCCc2ccc(F)cc2)cc1OC. The molecule has 152 valence electrons. The lowest BCUT2D eigenvalue weighted by molar-refractivity contribution is 0.288. The van der Waals surface area contributed by atoms with Gasteiger partial charge in [-0.2, -0.15) is 0 Å². The summed E-state index contributed by atoms with van der Waals surface area (Å²) in [4.78, 5) is 4.23. The topological polar surface area (TPSA) is 64.1 Å². The normalized spacial score (nSPS) is 11.1. The lowest BCUT2D eigenvalue weighted by Gasteiger charge is -2.16. The van der Waals surface area contributed by atoms with E-state index in [9.17, 15) is 4.39 Å². The van der Waals surface area contributed by atoms with Crippen LogP contribution in [0.1, 0.15) is 18.1 Å². The molecule has 0 spiro atoms. The molecule has 2 N–H and O–H groups in total. The van der Waals surface area contributed by atoms with Gasteiger partial charge in [0.25, 0.3) is 0 Å². The highest BCUT2D eigenvalue weighted by Gasteiger charge is 2.14. The molecule has 0 unspecified atom stereocenters. The van der Waals surface area contributed by atoms with Crippen LogP contribution in [0.15, 0.2) is 41.4 Å². The summed E-state index contributed by atoms with van der Waals surface area (Å²) in [7, 11) is 4.92. The zero-order chi connectivity index (χ0) is 20.4. The van der Waals surface area contributed by atoms with Gasteiger partial charge in [-0.1, -0.05) is 12.1 Å². The summed E-state index contributed by atoms with van der Waals surface area (Å²) >= 11 is 0. The summed E-state index contributed by atoms with van der Waals surface area (Å²) in [5.74, 6) is 2.29. The van der Waals surface area contributed by atoms with Crippen molar-refractivity contribution < 1.29 is 18.6 Å². The van der Waals surface area contributed by atoms with Crippen LogP contribution in [-0.4, -0.2) is 40.4 Å². The molecule has 0 fully saturated rings. The van der Waals surface area contributed by atoms with Crippen LogP contribution in [0.25, 0.3) is 0 Å². The van der Waals surface area contributed by atoms with E-state index in [1.165, 1.54) is 12.1 Å². The van der Waals surface area contributed by atoms with E-state index in [1.54, 1.807) is 33.4 Å². The van der Waals surface area contributed by atoms with Crippen LogP contribution in [0.5, 0.6) is 17.2 Å². The minimum atomic E-state index is -0.226. The molecule has 6 nitrogen and oxygen atoms in total. The Kier molecular flexibility index (Phi) is 8.39. The Hall–Kier alpha value is -2.96. The first kappa shape index (κ1) is 21.3. The largest absolute Gasteiger partial charge is 0.493 e. The predicted octanol–water partition coefficient (Wildman–Crippen LogP) is 3.15. The number of aliphatic imine (C=N–C) groups is 1. The summed E-state index contributed by atoms with van der Waals surface area (Å²) < 4.78 is 29.4. The van der Waals surface area contributed by atoms with Crippen LogP contribution in [0.2, 0.25) is 0 Å². The first-order chi connectivity index (χ1) is 13.6. The molecule has 0 saturated carbocycles. The lowest BCUT2D eigenvalue weighted by atomic mass is 10.1. The number of nitrogens with one attached hydrogen (secondary N) is 2. The highest BCUT2D eigenvalue weighted by atomic mass is 19.1. The average Bonchev–Trinajstić information content (AvgIpc) is 2.72. The molecule has 0 heterocycles. The monoisotopic (exact) mass is 389 g/mol. The molecule has 0 aliphatic heterocycles. The van der Waals surface area contributed by atoms with Crippen molar-refractivity contribution >= 4 is 5.96 Å². The molecule has 2 aromatic rings. The van der Waals surface area contributed by atoms with Crippen molar-refractivity contribution in [2.24, 2.45) is 4.99 Å². The van der Waals surface area contributed by atoms with Gasteiger partial charge in [0.2, 0.25) is 5.75 Å². The lowest BCUT2D eigenvalue weighted by Crippen LogP contribution is -2.37. The van der Waals surface area contributed by atoms with E-state index in [0.717, 1.165) is 17.5 Å². The van der Waals surface area contributed by atoms with Crippen molar-refractivity contribution in [3.63, 3.8) is 0 Å². The molecular weight excluding hydrogens is 361 g/mol. The van der Waals surface area contributed by atoms with Gasteiger partial charge in [-0.3, -0.25) is 4.99 Å². The Morgan fingerprint density at radius 2 is 1.64 bits per heavy atom. The van der Waals surface area contributed by atoms with E-state index in [2.05, 4.69) is 15.6 Å². The summed E-state index contributed by atoms with van der Waals surface area (Å²) in [6.45, 7) is 3.65. The molecule has 0 amide bonds. The zero-order valence-electron chi connectivity index (χ0n) is 16.8. The van der Waals surface area contributed by atoms with Crippen LogP contribution in [0.3, 0.4) is 0 Å². The average molecular weight is 389 g/mol. The van der Waals surface area contributed by atoms with Gasteiger partial charge in [-0.05, 0) is 48.7 Å². The molecule has 0 aliphatic carbocycles. The van der Waals surface area contributed by atoms with Gasteiger partial charge < -0.3 is 24.8 Å². The number of hydrogen-bond acceptors (Lipinski definition) is 4. The third-order valence-corrected chi connectivity index (χ3v) is 4.11. The molecule has 28 heavy (non-hydrogen) atoms. The Bertz CT molecular complexity index is 754. The molecule has 7 heteroatoms. The van der Waals surface area contributed by atoms with E-state index >= 15 is 0 Å². The summed E-state index contributed by atoms with van der Waals surface area (Å²) in [6.07, 6.45) is 0.770. The van der Waals surface area contributed by atoms with Crippen LogP contribution in [0.4, 0.5) is 4.39 Å². The molecule has 0 bridgehead atoms. The molecule has 0 atom stereocenters. The van der Waals surface area contributed by atoms with Gasteiger partial charge in [-0.15, -0.1) is 0 Å². The van der Waals surface area contributed by atoms with E-state index < -0.39 is 0 Å². The second-order valence-corrected chi connectivity index (χ2v) is 5.99. The number of rotatable bonds is 9. The third-order valence-electron chi connectivity index (χ3n) is 4.11. The maximum atomic E-state index is 13.0. The van der Waals surface area contributed by atoms with Crippen molar-refractivity contribution in [1.82, 2.24) is 10.6 Å². The van der Waals surface area contributed by atoms with Crippen LogP contribution < -0.4 is 24.8 Å². The van der Waals surface area contributed by atoms with Crippen molar-refractivity contribution in [3.8, 4) is 17.2 Å². The van der Waals surface area contributed by atoms with E-state index in [4.69, 9.17) is 14.2 Å². The summed E-state index contributed by atoms with van der Waals surface area (Å²) in [5.41, 5.74) is 2.03. The Morgan fingerprint density at radius 3 is 2.18 bits per heavy atom. The van der Waals surface area contributed by atoms with Gasteiger partial charge in [0.05, 0.1) is 20.8 Å². The van der Waals surface area contributed by atoms with Crippen molar-refractivity contribution in [2.45, 2.75) is 19.9 Å². The fraction of sp³-hybridized carbons (Fsp3) is 0.381. The number of halogens is 1. The predicted molar refractivity (Wildman–Crippen MR) is 109 cm³/mol. The summed E-state index contributed by atoms with van der Waals surface area (Å²) in [6, 6.07) is 10.3. The Morgan fingerprint density at radius 1 is 1.00 bits per heavy atom. The summed E-state index contributed by atoms with van der Waals surface area (Å²) in [5, 5.41) is 6.51. The highest BCUT2D eigenvalue weighted by molar-refractivity contribution is 5.79. The molecule has 0 aliphatic rings. The smallest absolute Gasteiger partial charge is 0.203 e. The minimum absolute atomic E-state index is 0.226. The second-order valence-electron chi connectivity index (χ2n) is 5.99. The van der Waals surface area contributed by atoms with Crippen molar-refractivity contribution in [1.29, 1.82) is 0 Å². The highest BCUT2D eigenvalue weighted by Crippen LogP contribution is 2.38. The standard InChI is InChI=1S/C21H28FN3O3/c1-5-28-20-18(26-3)12-16(13-19(20)27-4)14-25-21(23-2)24-11-10-15-6-8-17(22)9-7-15/h6-9,12-13H,5,10-11,14H2,1-4H3,(H2,23,24,25). The number of benzene rings is 2. The maximum Gasteiger partial charge on any atom is 0.203 e. The molecule has 0 aromatic heterocycles. The van der Waals surface area contributed by atoms with Gasteiger partial charge in [0.1, 0.15) is 5.82 Å². The Balaban J connectivity index is 1.94. The molecule has 0 saturated heterocycles. The third kappa shape index (κ3) is 6.04. The van der Waals surface area contributed by atoms with Crippen LogP contribution in [-0.2, 0) is 13.0 Å².